The first-order chi connectivity index (χ1) is 14.4. The summed E-state index contributed by atoms with van der Waals surface area (Å²) in [7, 11) is 0. The predicted octanol–water partition coefficient (Wildman–Crippen LogP) is 4.87. The maximum Gasteiger partial charge on any atom is 0.196 e. The van der Waals surface area contributed by atoms with Crippen LogP contribution in [0.4, 0.5) is 0 Å². The molecular weight excluding hydrogens is 376 g/mol. The smallest absolute Gasteiger partial charge is 0.196 e. The highest BCUT2D eigenvalue weighted by Crippen LogP contribution is 2.42. The molecule has 0 bridgehead atoms. The van der Waals surface area contributed by atoms with Crippen molar-refractivity contribution in [1.82, 2.24) is 0 Å². The van der Waals surface area contributed by atoms with Crippen molar-refractivity contribution in [1.29, 1.82) is 0 Å². The second kappa shape index (κ2) is 8.80. The van der Waals surface area contributed by atoms with Crippen LogP contribution in [0.3, 0.4) is 0 Å². The molecule has 0 fully saturated rings. The molecule has 3 rings (SSSR count). The van der Waals surface area contributed by atoms with E-state index in [1.54, 1.807) is 54.6 Å². The Morgan fingerprint density at radius 3 is 2.20 bits per heavy atom. The van der Waals surface area contributed by atoms with Gasteiger partial charge in [0.05, 0.1) is 5.56 Å². The molecule has 0 aliphatic carbocycles. The maximum atomic E-state index is 13.0. The second-order valence-corrected chi connectivity index (χ2v) is 7.08. The maximum absolute atomic E-state index is 13.0. The molecule has 4 heteroatoms. The first-order valence-corrected chi connectivity index (χ1v) is 9.61. The van der Waals surface area contributed by atoms with Gasteiger partial charge in [-0.3, -0.25) is 4.79 Å². The number of benzene rings is 3. The molecule has 152 valence electrons. The lowest BCUT2D eigenvalue weighted by Gasteiger charge is -2.31. The summed E-state index contributed by atoms with van der Waals surface area (Å²) in [5.74, 6) is -1.07. The van der Waals surface area contributed by atoms with Gasteiger partial charge in [0.2, 0.25) is 0 Å². The van der Waals surface area contributed by atoms with Crippen molar-refractivity contribution >= 4 is 5.78 Å². The van der Waals surface area contributed by atoms with Gasteiger partial charge in [-0.25, -0.2) is 0 Å². The lowest BCUT2D eigenvalue weighted by Crippen LogP contribution is -2.28. The van der Waals surface area contributed by atoms with E-state index in [1.807, 2.05) is 12.1 Å². The lowest BCUT2D eigenvalue weighted by molar-refractivity contribution is 0.0803. The quantitative estimate of drug-likeness (QED) is 0.372. The molecule has 0 spiro atoms. The molecule has 1 atom stereocenters. The van der Waals surface area contributed by atoms with Crippen LogP contribution in [0.25, 0.3) is 0 Å². The van der Waals surface area contributed by atoms with Crippen LogP contribution in [0.15, 0.2) is 92.0 Å². The molecule has 3 N–H and O–H groups in total. The van der Waals surface area contributed by atoms with Crippen LogP contribution in [-0.4, -0.2) is 21.1 Å². The summed E-state index contributed by atoms with van der Waals surface area (Å²) in [6, 6.07) is 18.3. The standard InChI is InChI=1S/C26H24O4/c1-3-10-18-11-8-9-14-21(18)26(30,15-4-2)22-16-20(23(27)17-24(22)28)25(29)19-12-6-5-7-13-19/h3-9,11-14,16-17,27-28,30H,1-2,10,15H2. The molecule has 0 saturated heterocycles. The third-order valence-corrected chi connectivity index (χ3v) is 5.11. The number of phenols is 2. The van der Waals surface area contributed by atoms with Crippen molar-refractivity contribution < 1.29 is 20.1 Å². The van der Waals surface area contributed by atoms with Gasteiger partial charge in [0, 0.05) is 23.6 Å². The fourth-order valence-corrected chi connectivity index (χ4v) is 3.67. The van der Waals surface area contributed by atoms with Crippen LogP contribution in [0.1, 0.15) is 39.0 Å². The minimum atomic E-state index is -1.65. The largest absolute Gasteiger partial charge is 0.507 e. The normalized spacial score (nSPS) is 12.7. The summed E-state index contributed by atoms with van der Waals surface area (Å²) < 4.78 is 0. The van der Waals surface area contributed by atoms with E-state index in [0.29, 0.717) is 17.5 Å². The Balaban J connectivity index is 2.22. The summed E-state index contributed by atoms with van der Waals surface area (Å²) in [4.78, 5) is 13.0. The zero-order chi connectivity index (χ0) is 21.7. The van der Waals surface area contributed by atoms with E-state index in [0.717, 1.165) is 11.6 Å². The summed E-state index contributed by atoms with van der Waals surface area (Å²) in [5.41, 5.74) is 0.270. The molecule has 0 aliphatic heterocycles. The molecule has 0 aromatic heterocycles. The number of hydrogen-bond acceptors (Lipinski definition) is 4. The Morgan fingerprint density at radius 1 is 0.867 bits per heavy atom. The molecule has 3 aromatic carbocycles. The summed E-state index contributed by atoms with van der Waals surface area (Å²) in [6.45, 7) is 7.52. The van der Waals surface area contributed by atoms with E-state index < -0.39 is 11.4 Å². The Labute approximate surface area is 176 Å². The second-order valence-electron chi connectivity index (χ2n) is 7.08. The van der Waals surface area contributed by atoms with E-state index in [4.69, 9.17) is 0 Å². The topological polar surface area (TPSA) is 77.8 Å². The number of ketones is 1. The van der Waals surface area contributed by atoms with Crippen LogP contribution in [0.2, 0.25) is 0 Å². The number of rotatable bonds is 8. The first kappa shape index (κ1) is 21.1. The number of aromatic hydroxyl groups is 2. The van der Waals surface area contributed by atoms with Crippen molar-refractivity contribution in [3.63, 3.8) is 0 Å². The van der Waals surface area contributed by atoms with E-state index in [9.17, 15) is 20.1 Å². The SMILES string of the molecule is C=CCc1ccccc1C(O)(CC=C)c1cc(C(=O)c2ccccc2)c(O)cc1O. The highest BCUT2D eigenvalue weighted by atomic mass is 16.3. The molecule has 3 aromatic rings. The Hall–Kier alpha value is -3.63. The van der Waals surface area contributed by atoms with Crippen LogP contribution in [0, 0.1) is 0 Å². The van der Waals surface area contributed by atoms with Crippen molar-refractivity contribution in [2.75, 3.05) is 0 Å². The fourth-order valence-electron chi connectivity index (χ4n) is 3.67. The summed E-state index contributed by atoms with van der Waals surface area (Å²) in [5, 5.41) is 32.7. The Kier molecular flexibility index (Phi) is 6.19. The third kappa shape index (κ3) is 3.91. The molecule has 0 aliphatic rings. The van der Waals surface area contributed by atoms with E-state index >= 15 is 0 Å². The van der Waals surface area contributed by atoms with Gasteiger partial charge < -0.3 is 15.3 Å². The molecule has 0 heterocycles. The van der Waals surface area contributed by atoms with Crippen molar-refractivity contribution in [2.24, 2.45) is 0 Å². The average Bonchev–Trinajstić information content (AvgIpc) is 2.74. The van der Waals surface area contributed by atoms with E-state index in [-0.39, 0.29) is 29.0 Å². The van der Waals surface area contributed by atoms with Crippen molar-refractivity contribution in [3.8, 4) is 11.5 Å². The van der Waals surface area contributed by atoms with E-state index in [1.165, 1.54) is 6.07 Å². The predicted molar refractivity (Wildman–Crippen MR) is 118 cm³/mol. The first-order valence-electron chi connectivity index (χ1n) is 9.61. The van der Waals surface area contributed by atoms with Crippen molar-refractivity contribution in [3.05, 3.63) is 120 Å². The third-order valence-electron chi connectivity index (χ3n) is 5.11. The van der Waals surface area contributed by atoms with Gasteiger partial charge in [-0.05, 0) is 23.6 Å². The number of aliphatic hydroxyl groups is 1. The summed E-state index contributed by atoms with van der Waals surface area (Å²) in [6.07, 6.45) is 3.90. The molecule has 1 unspecified atom stereocenters. The van der Waals surface area contributed by atoms with Gasteiger partial charge in [0.1, 0.15) is 17.1 Å². The molecular formula is C26H24O4. The lowest BCUT2D eigenvalue weighted by atomic mass is 9.79. The van der Waals surface area contributed by atoms with Gasteiger partial charge in [0.25, 0.3) is 0 Å². The van der Waals surface area contributed by atoms with Crippen molar-refractivity contribution in [2.45, 2.75) is 18.4 Å². The molecule has 0 saturated carbocycles. The van der Waals surface area contributed by atoms with Crippen LogP contribution >= 0.6 is 0 Å². The molecule has 4 nitrogen and oxygen atoms in total. The number of phenolic OH excluding ortho intramolecular Hbond substituents is 2. The van der Waals surface area contributed by atoms with Crippen LogP contribution < -0.4 is 0 Å². The average molecular weight is 400 g/mol. The fraction of sp³-hybridized carbons (Fsp3) is 0.115. The molecule has 0 amide bonds. The van der Waals surface area contributed by atoms with Gasteiger partial charge in [0.15, 0.2) is 5.78 Å². The minimum Gasteiger partial charge on any atom is -0.507 e. The highest BCUT2D eigenvalue weighted by molar-refractivity contribution is 6.10. The zero-order valence-corrected chi connectivity index (χ0v) is 16.6. The van der Waals surface area contributed by atoms with Crippen LogP contribution in [-0.2, 0) is 12.0 Å². The summed E-state index contributed by atoms with van der Waals surface area (Å²) >= 11 is 0. The minimum absolute atomic E-state index is 0.00214. The van der Waals surface area contributed by atoms with E-state index in [2.05, 4.69) is 13.2 Å². The number of allylic oxidation sites excluding steroid dienone is 1. The van der Waals surface area contributed by atoms with Crippen LogP contribution in [0.5, 0.6) is 11.5 Å². The monoisotopic (exact) mass is 400 g/mol. The van der Waals surface area contributed by atoms with Gasteiger partial charge >= 0.3 is 0 Å². The number of carbonyl (C=O) groups is 1. The number of carbonyl (C=O) groups excluding carboxylic acids is 1. The Bertz CT molecular complexity index is 1090. The van der Waals surface area contributed by atoms with Gasteiger partial charge in [-0.2, -0.15) is 0 Å². The molecule has 30 heavy (non-hydrogen) atoms. The number of hydrogen-bond donors (Lipinski definition) is 3. The highest BCUT2D eigenvalue weighted by Gasteiger charge is 2.36. The Morgan fingerprint density at radius 2 is 1.53 bits per heavy atom. The molecule has 0 radical (unpaired) electrons. The van der Waals surface area contributed by atoms with Gasteiger partial charge in [-0.15, -0.1) is 13.2 Å². The van der Waals surface area contributed by atoms with Gasteiger partial charge in [-0.1, -0.05) is 66.7 Å². The zero-order valence-electron chi connectivity index (χ0n) is 16.6.